The van der Waals surface area contributed by atoms with Crippen LogP contribution >= 0.6 is 0 Å². The molecule has 1 aliphatic carbocycles. The first-order valence-corrected chi connectivity index (χ1v) is 12.9. The topological polar surface area (TPSA) is 128 Å². The summed E-state index contributed by atoms with van der Waals surface area (Å²) < 4.78 is 33.7. The van der Waals surface area contributed by atoms with Crippen molar-refractivity contribution in [3.63, 3.8) is 0 Å². The van der Waals surface area contributed by atoms with Crippen molar-refractivity contribution in [1.29, 1.82) is 0 Å². The highest BCUT2D eigenvalue weighted by molar-refractivity contribution is 7.90. The summed E-state index contributed by atoms with van der Waals surface area (Å²) >= 11 is 0. The fourth-order valence-corrected chi connectivity index (χ4v) is 4.68. The summed E-state index contributed by atoms with van der Waals surface area (Å²) in [4.78, 5) is 22.2. The Morgan fingerprint density at radius 3 is 2.69 bits per heavy atom. The van der Waals surface area contributed by atoms with Crippen LogP contribution in [0, 0.1) is 10.1 Å². The summed E-state index contributed by atoms with van der Waals surface area (Å²) in [6.07, 6.45) is 9.66. The van der Waals surface area contributed by atoms with E-state index >= 15 is 0 Å². The van der Waals surface area contributed by atoms with Crippen molar-refractivity contribution in [2.45, 2.75) is 50.3 Å². The molecule has 0 aromatic heterocycles. The molecule has 2 amide bonds. The highest BCUT2D eigenvalue weighted by Crippen LogP contribution is 2.34. The summed E-state index contributed by atoms with van der Waals surface area (Å²) in [7, 11) is -4.46. The van der Waals surface area contributed by atoms with Crippen molar-refractivity contribution >= 4 is 21.7 Å². The van der Waals surface area contributed by atoms with Crippen molar-refractivity contribution in [1.82, 2.24) is 10.0 Å². The number of carbonyl (C=O) groups is 1. The summed E-state index contributed by atoms with van der Waals surface area (Å²) in [5, 5.41) is 13.8. The van der Waals surface area contributed by atoms with Gasteiger partial charge in [0.15, 0.2) is 0 Å². The zero-order chi connectivity index (χ0) is 25.4. The molecule has 0 saturated carbocycles. The lowest BCUT2D eigenvalue weighted by atomic mass is 9.90. The highest BCUT2D eigenvalue weighted by Gasteiger charge is 2.26. The smallest absolute Gasteiger partial charge is 0.328 e. The summed E-state index contributed by atoms with van der Waals surface area (Å²) in [6, 6.07) is 9.56. The minimum atomic E-state index is -4.46. The average Bonchev–Trinajstić information content (AvgIpc) is 2.82. The second-order valence-electron chi connectivity index (χ2n) is 8.28. The van der Waals surface area contributed by atoms with Crippen LogP contribution in [0.4, 0.5) is 10.5 Å². The fourth-order valence-electron chi connectivity index (χ4n) is 3.60. The van der Waals surface area contributed by atoms with E-state index in [1.807, 2.05) is 30.7 Å². The maximum atomic E-state index is 13.0. The van der Waals surface area contributed by atoms with Crippen molar-refractivity contribution in [3.8, 4) is 11.5 Å². The number of allylic oxidation sites excluding steroid dienone is 4. The van der Waals surface area contributed by atoms with Gasteiger partial charge in [0, 0.05) is 24.6 Å². The average molecular weight is 500 g/mol. The Balaban J connectivity index is 1.85. The Kier molecular flexibility index (Phi) is 8.64. The van der Waals surface area contributed by atoms with Gasteiger partial charge < -0.3 is 10.1 Å². The maximum absolute atomic E-state index is 13.0. The van der Waals surface area contributed by atoms with E-state index in [0.29, 0.717) is 18.7 Å². The number of unbranched alkanes of at least 4 members (excludes halogenated alkanes) is 2. The molecule has 186 valence electrons. The van der Waals surface area contributed by atoms with Gasteiger partial charge in [-0.2, -0.15) is 0 Å². The normalized spacial score (nSPS) is 15.3. The summed E-state index contributed by atoms with van der Waals surface area (Å²) in [6.45, 7) is 4.35. The van der Waals surface area contributed by atoms with Crippen molar-refractivity contribution in [2.24, 2.45) is 0 Å². The first-order valence-electron chi connectivity index (χ1n) is 11.4. The van der Waals surface area contributed by atoms with Crippen molar-refractivity contribution in [3.05, 3.63) is 81.9 Å². The number of benzene rings is 2. The number of nitro groups is 1. The lowest BCUT2D eigenvalue weighted by Crippen LogP contribution is -2.39. The third-order valence-corrected chi connectivity index (χ3v) is 6.87. The number of nitro benzene ring substituents is 1. The first kappa shape index (κ1) is 26.0. The third-order valence-electron chi connectivity index (χ3n) is 5.52. The molecule has 2 aromatic rings. The first-order chi connectivity index (χ1) is 16.7. The second-order valence-corrected chi connectivity index (χ2v) is 9.93. The molecule has 1 aliphatic rings. The van der Waals surface area contributed by atoms with Gasteiger partial charge in [-0.15, -0.1) is 0 Å². The largest absolute Gasteiger partial charge is 0.456 e. The van der Waals surface area contributed by atoms with E-state index in [1.54, 1.807) is 18.2 Å². The number of nitrogens with zero attached hydrogens (tertiary/aromatic N) is 1. The van der Waals surface area contributed by atoms with Gasteiger partial charge in [0.2, 0.25) is 0 Å². The molecule has 2 aromatic carbocycles. The predicted molar refractivity (Wildman–Crippen MR) is 133 cm³/mol. The molecule has 0 spiro atoms. The Morgan fingerprint density at radius 1 is 1.20 bits per heavy atom. The van der Waals surface area contributed by atoms with Gasteiger partial charge in [0.05, 0.1) is 4.92 Å². The molecule has 9 nitrogen and oxygen atoms in total. The van der Waals surface area contributed by atoms with Crippen molar-refractivity contribution < 1.29 is 22.9 Å². The van der Waals surface area contributed by atoms with Gasteiger partial charge in [0.25, 0.3) is 15.7 Å². The fraction of sp³-hybridized carbons (Fsp3) is 0.320. The van der Waals surface area contributed by atoms with Crippen LogP contribution in [0.5, 0.6) is 11.5 Å². The van der Waals surface area contributed by atoms with E-state index in [0.717, 1.165) is 37.0 Å². The van der Waals surface area contributed by atoms with E-state index in [9.17, 15) is 23.3 Å². The number of nitrogens with one attached hydrogen (secondary N) is 2. The van der Waals surface area contributed by atoms with Crippen LogP contribution < -0.4 is 14.8 Å². The molecule has 0 fully saturated rings. The van der Waals surface area contributed by atoms with Crippen molar-refractivity contribution in [2.75, 3.05) is 6.54 Å². The Morgan fingerprint density at radius 2 is 2.00 bits per heavy atom. The second kappa shape index (κ2) is 11.7. The standard InChI is InChI=1S/C25H29N3O6S/c1-3-4-5-15-26-25(29)27-35(32,33)24-17-21(28(30)31)13-14-23(24)34-22-8-6-7-20(16-22)19-11-9-18(2)10-12-19/h6-11,13-14,16-17,19H,3-5,12,15H2,1-2H3,(H2,26,27,29). The Labute approximate surface area is 205 Å². The van der Waals surface area contributed by atoms with Gasteiger partial charge in [-0.05, 0) is 43.5 Å². The number of carbonyl (C=O) groups excluding carboxylic acids is 1. The molecule has 1 unspecified atom stereocenters. The molecule has 3 rings (SSSR count). The lowest BCUT2D eigenvalue weighted by Gasteiger charge is -2.17. The highest BCUT2D eigenvalue weighted by atomic mass is 32.2. The summed E-state index contributed by atoms with van der Waals surface area (Å²) in [5.74, 6) is 0.394. The van der Waals surface area contributed by atoms with Crippen LogP contribution in [0.25, 0.3) is 0 Å². The SMILES string of the molecule is CCCCCNC(=O)NS(=O)(=O)c1cc([N+](=O)[O-])ccc1Oc1cccc(C2C=CC(C)=CC2)c1. The zero-order valence-corrected chi connectivity index (χ0v) is 20.5. The van der Waals surface area contributed by atoms with E-state index in [1.165, 1.54) is 11.6 Å². The monoisotopic (exact) mass is 499 g/mol. The van der Waals surface area contributed by atoms with Crippen LogP contribution in [0.1, 0.15) is 51.0 Å². The molecular weight excluding hydrogens is 470 g/mol. The Hall–Kier alpha value is -3.66. The number of rotatable bonds is 10. The maximum Gasteiger partial charge on any atom is 0.328 e. The molecule has 0 radical (unpaired) electrons. The van der Waals surface area contributed by atoms with Crippen LogP contribution in [-0.4, -0.2) is 25.9 Å². The van der Waals surface area contributed by atoms with Gasteiger partial charge in [-0.1, -0.05) is 55.7 Å². The number of hydrogen-bond donors (Lipinski definition) is 2. The predicted octanol–water partition coefficient (Wildman–Crippen LogP) is 5.56. The number of non-ortho nitro benzene ring substituents is 1. The van der Waals surface area contributed by atoms with Gasteiger partial charge >= 0.3 is 6.03 Å². The minimum Gasteiger partial charge on any atom is -0.456 e. The van der Waals surface area contributed by atoms with Gasteiger partial charge in [-0.3, -0.25) is 10.1 Å². The quantitative estimate of drug-likeness (QED) is 0.250. The number of amides is 2. The van der Waals surface area contributed by atoms with E-state index in [2.05, 4.69) is 17.5 Å². The van der Waals surface area contributed by atoms with Crippen LogP contribution in [-0.2, 0) is 10.0 Å². The van der Waals surface area contributed by atoms with Crippen LogP contribution in [0.15, 0.2) is 71.2 Å². The van der Waals surface area contributed by atoms with E-state index in [4.69, 9.17) is 4.74 Å². The number of sulfonamides is 1. The molecule has 0 saturated heterocycles. The number of hydrogen-bond acceptors (Lipinski definition) is 6. The lowest BCUT2D eigenvalue weighted by molar-refractivity contribution is -0.385. The third kappa shape index (κ3) is 7.16. The Bertz CT molecular complexity index is 1250. The minimum absolute atomic E-state index is 0.131. The van der Waals surface area contributed by atoms with E-state index < -0.39 is 31.6 Å². The van der Waals surface area contributed by atoms with E-state index in [-0.39, 0.29) is 11.7 Å². The molecule has 35 heavy (non-hydrogen) atoms. The molecule has 0 aliphatic heterocycles. The number of urea groups is 1. The molecular formula is C25H29N3O6S. The zero-order valence-electron chi connectivity index (χ0n) is 19.7. The molecule has 10 heteroatoms. The molecule has 2 N–H and O–H groups in total. The molecule has 0 heterocycles. The molecule has 1 atom stereocenters. The van der Waals surface area contributed by atoms with Gasteiger partial charge in [0.1, 0.15) is 16.4 Å². The van der Waals surface area contributed by atoms with Crippen LogP contribution in [0.3, 0.4) is 0 Å². The number of ether oxygens (including phenoxy) is 1. The molecule has 0 bridgehead atoms. The van der Waals surface area contributed by atoms with Crippen LogP contribution in [0.2, 0.25) is 0 Å². The summed E-state index contributed by atoms with van der Waals surface area (Å²) in [5.41, 5.74) is 1.74. The van der Waals surface area contributed by atoms with Gasteiger partial charge in [-0.25, -0.2) is 17.9 Å².